The van der Waals surface area contributed by atoms with Crippen molar-refractivity contribution < 1.29 is 19.8 Å². The van der Waals surface area contributed by atoms with E-state index in [1.807, 2.05) is 146 Å². The molecule has 0 saturated carbocycles. The van der Waals surface area contributed by atoms with Gasteiger partial charge in [-0.2, -0.15) is 0 Å². The quantitative estimate of drug-likeness (QED) is 0.143. The van der Waals surface area contributed by atoms with Crippen molar-refractivity contribution >= 4 is 0 Å². The van der Waals surface area contributed by atoms with Gasteiger partial charge < -0.3 is 0 Å². The second kappa shape index (κ2) is 19.2. The molecular weight excluding hydrogens is 935 g/mol. The Morgan fingerprint density at radius 1 is 0.180 bits per heavy atom. The maximum atomic E-state index is 5.00. The van der Waals surface area contributed by atoms with Gasteiger partial charge >= 0.3 is 19.8 Å². The third kappa shape index (κ3) is 9.03. The van der Waals surface area contributed by atoms with Crippen molar-refractivity contribution in [1.82, 2.24) is 59.8 Å². The second-order valence-electron chi connectivity index (χ2n) is 13.0. The number of pyridine rings is 8. The van der Waals surface area contributed by atoms with Crippen LogP contribution in [0.1, 0.15) is 0 Å². The van der Waals surface area contributed by atoms with Gasteiger partial charge in [-0.05, 0) is 97.1 Å². The Kier molecular flexibility index (Phi) is 12.5. The zero-order valence-corrected chi connectivity index (χ0v) is 34.7. The largest absolute Gasteiger partial charge is 2.00 e. The summed E-state index contributed by atoms with van der Waals surface area (Å²) in [7, 11) is 0. The van der Waals surface area contributed by atoms with E-state index in [2.05, 4.69) is 39.9 Å². The number of rotatable bonds is 8. The Labute approximate surface area is 364 Å². The van der Waals surface area contributed by atoms with Crippen molar-refractivity contribution in [1.29, 1.82) is 0 Å². The minimum Gasteiger partial charge on any atom is -0.255 e. The molecule has 10 aromatic heterocycles. The van der Waals surface area contributed by atoms with Crippen LogP contribution in [0.3, 0.4) is 0 Å². The van der Waals surface area contributed by atoms with Crippen LogP contribution in [-0.4, -0.2) is 59.8 Å². The molecule has 290 valence electrons. The molecule has 0 aliphatic carbocycles. The first-order valence-electron chi connectivity index (χ1n) is 19.0. The molecule has 0 fully saturated rings. The smallest absolute Gasteiger partial charge is 0.255 e. The molecule has 0 bridgehead atoms. The van der Waals surface area contributed by atoms with Gasteiger partial charge in [0.1, 0.15) is 45.6 Å². The average Bonchev–Trinajstić information content (AvgIpc) is 3.35. The van der Waals surface area contributed by atoms with Gasteiger partial charge in [-0.1, -0.05) is 48.5 Å². The minimum absolute atomic E-state index is 0. The maximum Gasteiger partial charge on any atom is 2.00 e. The fourth-order valence-electron chi connectivity index (χ4n) is 6.32. The summed E-state index contributed by atoms with van der Waals surface area (Å²) in [5.41, 5.74) is 10.9. The predicted octanol–water partition coefficient (Wildman–Crippen LogP) is 9.45. The Morgan fingerprint density at radius 2 is 0.311 bits per heavy atom. The SMILES string of the molecule is [Os+2].c1ccc(-c2nc(-c3ccccn3)c(-c3ccccn3)nc2-c2ccccn2)nc1.c1ccc(-c2nc(-c3ccccn3)c(-c3ccccn3)nc2-c2ccccn2)nc1. The molecule has 0 amide bonds. The van der Waals surface area contributed by atoms with Crippen LogP contribution in [0.5, 0.6) is 0 Å². The van der Waals surface area contributed by atoms with E-state index in [-0.39, 0.29) is 19.8 Å². The summed E-state index contributed by atoms with van der Waals surface area (Å²) in [6, 6.07) is 45.8. The fourth-order valence-corrected chi connectivity index (χ4v) is 6.32. The van der Waals surface area contributed by atoms with Crippen LogP contribution in [0, 0.1) is 0 Å². The molecule has 10 aromatic rings. The number of nitrogens with zero attached hydrogens (tertiary/aromatic N) is 12. The average molecular weight is 967 g/mol. The van der Waals surface area contributed by atoms with Gasteiger partial charge in [0.25, 0.3) is 0 Å². The van der Waals surface area contributed by atoms with Crippen molar-refractivity contribution in [2.24, 2.45) is 0 Å². The summed E-state index contributed by atoms with van der Waals surface area (Å²) in [5, 5.41) is 0. The van der Waals surface area contributed by atoms with E-state index in [9.17, 15) is 0 Å². The van der Waals surface area contributed by atoms with E-state index < -0.39 is 0 Å². The van der Waals surface area contributed by atoms with E-state index in [0.29, 0.717) is 45.6 Å². The van der Waals surface area contributed by atoms with Crippen LogP contribution >= 0.6 is 0 Å². The Balaban J connectivity index is 0.000000166. The van der Waals surface area contributed by atoms with E-state index in [4.69, 9.17) is 19.9 Å². The Bertz CT molecular complexity index is 2330. The molecule has 0 atom stereocenters. The van der Waals surface area contributed by atoms with Gasteiger partial charge in [0.2, 0.25) is 0 Å². The minimum atomic E-state index is 0. The molecule has 0 radical (unpaired) electrons. The van der Waals surface area contributed by atoms with Crippen LogP contribution in [0.25, 0.3) is 91.1 Å². The van der Waals surface area contributed by atoms with Crippen molar-refractivity contribution in [2.75, 3.05) is 0 Å². The van der Waals surface area contributed by atoms with Crippen LogP contribution in [0.15, 0.2) is 195 Å². The van der Waals surface area contributed by atoms with Crippen LogP contribution in [0.4, 0.5) is 0 Å². The molecule has 0 aliphatic rings. The second-order valence-corrected chi connectivity index (χ2v) is 13.0. The molecule has 10 rings (SSSR count). The van der Waals surface area contributed by atoms with Crippen molar-refractivity contribution in [3.63, 3.8) is 0 Å². The first kappa shape index (κ1) is 39.8. The first-order valence-corrected chi connectivity index (χ1v) is 19.0. The number of hydrogen-bond acceptors (Lipinski definition) is 12. The summed E-state index contributed by atoms with van der Waals surface area (Å²) < 4.78 is 0. The van der Waals surface area contributed by atoms with Gasteiger partial charge in [0, 0.05) is 49.6 Å². The summed E-state index contributed by atoms with van der Waals surface area (Å²) in [6.45, 7) is 0. The molecule has 0 aliphatic heterocycles. The molecule has 0 saturated heterocycles. The summed E-state index contributed by atoms with van der Waals surface area (Å²) in [6.07, 6.45) is 13.9. The molecule has 0 unspecified atom stereocenters. The van der Waals surface area contributed by atoms with E-state index in [0.717, 1.165) is 45.6 Å². The van der Waals surface area contributed by atoms with Crippen LogP contribution in [-0.2, 0) is 19.8 Å². The van der Waals surface area contributed by atoms with Gasteiger partial charge in [-0.25, -0.2) is 19.9 Å². The normalized spacial score (nSPS) is 10.5. The Morgan fingerprint density at radius 3 is 0.410 bits per heavy atom. The van der Waals surface area contributed by atoms with Gasteiger partial charge in [0.05, 0.1) is 45.6 Å². The topological polar surface area (TPSA) is 155 Å². The molecule has 13 heteroatoms. The van der Waals surface area contributed by atoms with Gasteiger partial charge in [0.15, 0.2) is 0 Å². The molecule has 0 spiro atoms. The third-order valence-electron chi connectivity index (χ3n) is 9.05. The summed E-state index contributed by atoms with van der Waals surface area (Å²) in [4.78, 5) is 56.0. The number of aromatic nitrogens is 12. The standard InChI is InChI=1S/2C24H16N6.Os/c2*1-5-13-25-17(9-1)21-22(18-10-2-6-14-26-18)30-24(20-12-4-8-16-28-20)23(29-21)19-11-3-7-15-27-19;/h2*1-16H;/q;;+2. The fraction of sp³-hybridized carbons (Fsp3) is 0. The summed E-state index contributed by atoms with van der Waals surface area (Å²) >= 11 is 0. The molecule has 0 N–H and O–H groups in total. The molecule has 10 heterocycles. The summed E-state index contributed by atoms with van der Waals surface area (Å²) in [5.74, 6) is 0. The molecule has 0 aromatic carbocycles. The molecule has 61 heavy (non-hydrogen) atoms. The van der Waals surface area contributed by atoms with Crippen molar-refractivity contribution in [2.45, 2.75) is 0 Å². The van der Waals surface area contributed by atoms with E-state index in [1.165, 1.54) is 0 Å². The zero-order chi connectivity index (χ0) is 40.4. The first-order chi connectivity index (χ1) is 29.8. The van der Waals surface area contributed by atoms with Gasteiger partial charge in [-0.15, -0.1) is 0 Å². The maximum absolute atomic E-state index is 5.00. The van der Waals surface area contributed by atoms with E-state index >= 15 is 0 Å². The third-order valence-corrected chi connectivity index (χ3v) is 9.05. The monoisotopic (exact) mass is 968 g/mol. The van der Waals surface area contributed by atoms with Crippen molar-refractivity contribution in [3.05, 3.63) is 195 Å². The molecule has 12 nitrogen and oxygen atoms in total. The van der Waals surface area contributed by atoms with Crippen LogP contribution < -0.4 is 0 Å². The van der Waals surface area contributed by atoms with Crippen LogP contribution in [0.2, 0.25) is 0 Å². The Hall–Kier alpha value is -8.00. The zero-order valence-electron chi connectivity index (χ0n) is 32.2. The van der Waals surface area contributed by atoms with Gasteiger partial charge in [-0.3, -0.25) is 39.9 Å². The predicted molar refractivity (Wildman–Crippen MR) is 230 cm³/mol. The number of hydrogen-bond donors (Lipinski definition) is 0. The van der Waals surface area contributed by atoms with E-state index in [1.54, 1.807) is 49.6 Å². The molecular formula is C48H32N12Os+2. The van der Waals surface area contributed by atoms with Crippen molar-refractivity contribution in [3.8, 4) is 91.1 Å².